The van der Waals surface area contributed by atoms with E-state index in [9.17, 15) is 4.79 Å². The van der Waals surface area contributed by atoms with Crippen molar-refractivity contribution in [2.24, 2.45) is 0 Å². The molecule has 0 unspecified atom stereocenters. The van der Waals surface area contributed by atoms with Gasteiger partial charge in [0.2, 0.25) is 0 Å². The van der Waals surface area contributed by atoms with Gasteiger partial charge in [0.05, 0.1) is 28.5 Å². The molecule has 2 aliphatic heterocycles. The van der Waals surface area contributed by atoms with Gasteiger partial charge in [0.1, 0.15) is 0 Å². The quantitative estimate of drug-likeness (QED) is 0.139. The van der Waals surface area contributed by atoms with Gasteiger partial charge in [-0.3, -0.25) is 4.79 Å². The number of carbonyl (C=O) groups is 1. The van der Waals surface area contributed by atoms with E-state index in [-0.39, 0.29) is 31.6 Å². The number of hydrogen-bond donors (Lipinski definition) is 1. The van der Waals surface area contributed by atoms with Crippen LogP contribution in [0.3, 0.4) is 0 Å². The number of nitrogens with zero attached hydrogens (tertiary/aromatic N) is 4. The monoisotopic (exact) mass is 668 g/mol. The third-order valence-corrected chi connectivity index (χ3v) is 6.24. The van der Waals surface area contributed by atoms with Gasteiger partial charge in [0.15, 0.2) is 5.78 Å². The number of aliphatic hydroxyl groups is 1. The largest absolute Gasteiger partial charge is 0.512 e. The van der Waals surface area contributed by atoms with Crippen LogP contribution in [0.25, 0.3) is 11.3 Å². The van der Waals surface area contributed by atoms with E-state index >= 15 is 0 Å². The number of allylic oxidation sites excluding steroid dienone is 2. The molecule has 7 heteroatoms. The maximum atomic E-state index is 10.0. The van der Waals surface area contributed by atoms with E-state index in [0.717, 1.165) is 28.3 Å². The average Bonchev–Trinajstić information content (AvgIpc) is 2.88. The van der Waals surface area contributed by atoms with Crippen LogP contribution in [0.1, 0.15) is 13.8 Å². The Balaban J connectivity index is 0.000000356. The van der Waals surface area contributed by atoms with E-state index < -0.39 is 0 Å². The summed E-state index contributed by atoms with van der Waals surface area (Å²) in [5.41, 5.74) is 10.0. The number of aliphatic hydroxyl groups excluding tert-OH is 1. The molecule has 0 saturated carbocycles. The molecule has 6 rings (SSSR count). The molecule has 3 aromatic carbocycles. The Bertz CT molecular complexity index is 1410. The molecule has 6 nitrogen and oxygen atoms in total. The molecule has 0 amide bonds. The molecule has 189 valence electrons. The molecule has 3 heterocycles. The summed E-state index contributed by atoms with van der Waals surface area (Å²) in [4.78, 5) is 21.5. The summed E-state index contributed by atoms with van der Waals surface area (Å²) >= 11 is 0. The summed E-state index contributed by atoms with van der Waals surface area (Å²) in [5.74, 6) is -0.0625. The first-order valence-electron chi connectivity index (χ1n) is 11.7. The zero-order valence-corrected chi connectivity index (χ0v) is 23.5. The van der Waals surface area contributed by atoms with Crippen molar-refractivity contribution in [3.05, 3.63) is 96.9 Å². The minimum absolute atomic E-state index is 0. The Kier molecular flexibility index (Phi) is 7.48. The van der Waals surface area contributed by atoms with Gasteiger partial charge in [-0.05, 0) is 61.2 Å². The van der Waals surface area contributed by atoms with Gasteiger partial charge in [-0.2, -0.15) is 0 Å². The molecule has 1 N–H and O–H groups in total. The number of rotatable bonds is 2. The van der Waals surface area contributed by atoms with Crippen molar-refractivity contribution in [1.29, 1.82) is 0 Å². The molecule has 0 fully saturated rings. The van der Waals surface area contributed by atoms with Crippen LogP contribution >= 0.6 is 0 Å². The van der Waals surface area contributed by atoms with E-state index in [1.165, 1.54) is 42.7 Å². The molecule has 0 atom stereocenters. The van der Waals surface area contributed by atoms with Gasteiger partial charge < -0.3 is 24.8 Å². The number of benzene rings is 3. The van der Waals surface area contributed by atoms with Crippen LogP contribution in [0.15, 0.2) is 90.8 Å². The van der Waals surface area contributed by atoms with Crippen LogP contribution in [-0.2, 0) is 24.9 Å². The van der Waals surface area contributed by atoms with Crippen LogP contribution in [-0.4, -0.2) is 30.0 Å². The van der Waals surface area contributed by atoms with Gasteiger partial charge in [-0.1, -0.05) is 36.4 Å². The Morgan fingerprint density at radius 3 is 1.92 bits per heavy atom. The number of hydrogen-bond acceptors (Lipinski definition) is 6. The van der Waals surface area contributed by atoms with Crippen molar-refractivity contribution in [3.8, 4) is 11.3 Å². The predicted octanol–water partition coefficient (Wildman–Crippen LogP) is 7.22. The maximum absolute atomic E-state index is 10.0. The van der Waals surface area contributed by atoms with Crippen LogP contribution in [0, 0.1) is 6.07 Å². The van der Waals surface area contributed by atoms with E-state index in [4.69, 9.17) is 5.11 Å². The van der Waals surface area contributed by atoms with Crippen molar-refractivity contribution in [1.82, 2.24) is 4.98 Å². The molecular weight excluding hydrogens is 641 g/mol. The minimum atomic E-state index is -0.125. The van der Waals surface area contributed by atoms with E-state index in [1.54, 1.807) is 0 Å². The number of ketones is 1. The van der Waals surface area contributed by atoms with Gasteiger partial charge in [0, 0.05) is 52.2 Å². The summed E-state index contributed by atoms with van der Waals surface area (Å²) in [6.07, 6.45) is 3.00. The summed E-state index contributed by atoms with van der Waals surface area (Å²) in [6, 6.07) is 29.0. The van der Waals surface area contributed by atoms with Crippen LogP contribution in [0.5, 0.6) is 0 Å². The molecule has 0 aliphatic carbocycles. The number of aromatic nitrogens is 1. The second-order valence-corrected chi connectivity index (χ2v) is 8.81. The summed E-state index contributed by atoms with van der Waals surface area (Å²) in [6.45, 7) is 2.85. The molecular formula is C30H27IrN4O2-. The number of carbonyl (C=O) groups excluding carboxylic acids is 1. The van der Waals surface area contributed by atoms with Crippen molar-refractivity contribution in [2.45, 2.75) is 13.8 Å². The smallest absolute Gasteiger partial charge is 0.155 e. The molecule has 2 aliphatic rings. The Hall–Kier alpha value is -3.93. The molecule has 0 bridgehead atoms. The molecule has 0 spiro atoms. The first-order valence-corrected chi connectivity index (χ1v) is 11.7. The van der Waals surface area contributed by atoms with Crippen molar-refractivity contribution in [2.75, 3.05) is 28.8 Å². The third kappa shape index (κ3) is 4.76. The van der Waals surface area contributed by atoms with Crippen molar-refractivity contribution >= 4 is 45.6 Å². The number of pyridine rings is 1. The minimum Gasteiger partial charge on any atom is -0.512 e. The Morgan fingerprint density at radius 2 is 1.41 bits per heavy atom. The van der Waals surface area contributed by atoms with Crippen molar-refractivity contribution < 1.29 is 30.0 Å². The van der Waals surface area contributed by atoms with Gasteiger partial charge >= 0.3 is 0 Å². The summed E-state index contributed by atoms with van der Waals surface area (Å²) in [7, 11) is 4.25. The number of para-hydroxylation sites is 4. The van der Waals surface area contributed by atoms with E-state index in [0.29, 0.717) is 0 Å². The van der Waals surface area contributed by atoms with Crippen LogP contribution in [0.2, 0.25) is 0 Å². The molecule has 37 heavy (non-hydrogen) atoms. The fourth-order valence-corrected chi connectivity index (χ4v) is 4.72. The fourth-order valence-electron chi connectivity index (χ4n) is 4.72. The molecule has 4 aromatic rings. The number of fused-ring (bicyclic) bond motifs is 4. The van der Waals surface area contributed by atoms with Gasteiger partial charge in [-0.15, -0.1) is 17.7 Å². The van der Waals surface area contributed by atoms with Crippen LogP contribution in [0.4, 0.5) is 39.8 Å². The molecule has 1 aromatic heterocycles. The van der Waals surface area contributed by atoms with Crippen molar-refractivity contribution in [3.63, 3.8) is 0 Å². The summed E-state index contributed by atoms with van der Waals surface area (Å²) in [5, 5.41) is 8.36. The van der Waals surface area contributed by atoms with Gasteiger partial charge in [0.25, 0.3) is 0 Å². The van der Waals surface area contributed by atoms with E-state index in [2.05, 4.69) is 94.4 Å². The van der Waals surface area contributed by atoms with Gasteiger partial charge in [-0.25, -0.2) is 0 Å². The summed E-state index contributed by atoms with van der Waals surface area (Å²) < 4.78 is 0. The maximum Gasteiger partial charge on any atom is 0.155 e. The first-order chi connectivity index (χ1) is 17.4. The Labute approximate surface area is 230 Å². The standard InChI is InChI=1S/C25H19N4.C5H8O2.Ir/c1-27-19-10-3-5-12-21(19)29-22-13-6-4-11-20(22)28(2)24-16-17(15-23(27)25(24)29)18-9-7-8-14-26-18;1-4(6)3-5(2)7;/h3-15H,1-2H3;3,6H,1-2H3;/q-1;;/b;4-3-;. The average molecular weight is 668 g/mol. The zero-order chi connectivity index (χ0) is 25.4. The zero-order valence-electron chi connectivity index (χ0n) is 21.1. The molecule has 1 radical (unpaired) electrons. The Morgan fingerprint density at radius 1 is 0.838 bits per heavy atom. The fraction of sp³-hybridized carbons (Fsp3) is 0.133. The second kappa shape index (κ2) is 10.6. The third-order valence-electron chi connectivity index (χ3n) is 6.24. The normalized spacial score (nSPS) is 12.9. The van der Waals surface area contributed by atoms with E-state index in [1.807, 2.05) is 24.4 Å². The second-order valence-electron chi connectivity index (χ2n) is 8.81. The topological polar surface area (TPSA) is 59.9 Å². The SMILES string of the molecule is CC(=O)/C=C(/C)O.CN1c2[c-]c(-c3ccccn3)cc3c2N(c2ccccc21)c1ccccc1N3C.[Ir]. The first kappa shape index (κ1) is 26.1. The number of anilines is 7. The molecule has 0 saturated heterocycles. The van der Waals surface area contributed by atoms with Crippen LogP contribution < -0.4 is 14.7 Å². The predicted molar refractivity (Wildman–Crippen MR) is 146 cm³/mol.